The molecule has 2 N–H and O–H groups in total. The van der Waals surface area contributed by atoms with Gasteiger partial charge in [0, 0.05) is 5.69 Å². The molecule has 3 rings (SSSR count). The predicted octanol–water partition coefficient (Wildman–Crippen LogP) is 5.41. The van der Waals surface area contributed by atoms with Crippen molar-refractivity contribution in [2.75, 3.05) is 10.0 Å². The fourth-order valence-corrected chi connectivity index (χ4v) is 3.98. The van der Waals surface area contributed by atoms with Crippen LogP contribution in [0.25, 0.3) is 0 Å². The Morgan fingerprint density at radius 1 is 0.900 bits per heavy atom. The number of hydrogen-bond donors (Lipinski definition) is 2. The molecular formula is C20H14ClF3N2O3S. The van der Waals surface area contributed by atoms with E-state index in [1.165, 1.54) is 42.5 Å². The molecule has 0 aromatic heterocycles. The second kappa shape index (κ2) is 8.37. The van der Waals surface area contributed by atoms with Crippen LogP contribution in [0.2, 0.25) is 5.02 Å². The number of carbonyl (C=O) groups is 1. The van der Waals surface area contributed by atoms with Crippen molar-refractivity contribution in [3.8, 4) is 0 Å². The number of halogens is 4. The third kappa shape index (κ3) is 4.92. The molecule has 0 saturated carbocycles. The van der Waals surface area contributed by atoms with Crippen molar-refractivity contribution < 1.29 is 26.4 Å². The number of benzene rings is 3. The van der Waals surface area contributed by atoms with Crippen molar-refractivity contribution in [3.63, 3.8) is 0 Å². The van der Waals surface area contributed by atoms with Crippen LogP contribution < -0.4 is 10.0 Å². The van der Waals surface area contributed by atoms with E-state index in [0.29, 0.717) is 0 Å². The number of amides is 1. The highest BCUT2D eigenvalue weighted by Crippen LogP contribution is 2.32. The lowest BCUT2D eigenvalue weighted by Crippen LogP contribution is -2.19. The molecule has 0 unspecified atom stereocenters. The molecule has 156 valence electrons. The average molecular weight is 455 g/mol. The van der Waals surface area contributed by atoms with E-state index in [4.69, 9.17) is 11.6 Å². The molecule has 3 aromatic carbocycles. The summed E-state index contributed by atoms with van der Waals surface area (Å²) < 4.78 is 66.9. The standard InChI is InChI=1S/C20H14ClF3N2O3S/c21-17-10-3-4-11-18(17)26-30(28,29)14-7-5-6-13(12-14)25-19(27)15-8-1-2-9-16(15)20(22,23)24/h1-12,26H,(H,25,27). The Balaban J connectivity index is 1.86. The van der Waals surface area contributed by atoms with Gasteiger partial charge in [0.2, 0.25) is 0 Å². The summed E-state index contributed by atoms with van der Waals surface area (Å²) in [5, 5.41) is 2.49. The number of sulfonamides is 1. The molecule has 3 aromatic rings. The molecule has 0 atom stereocenters. The highest BCUT2D eigenvalue weighted by atomic mass is 35.5. The highest BCUT2D eigenvalue weighted by Gasteiger charge is 2.34. The van der Waals surface area contributed by atoms with Gasteiger partial charge in [-0.3, -0.25) is 9.52 Å². The maximum atomic E-state index is 13.1. The van der Waals surface area contributed by atoms with Gasteiger partial charge in [0.1, 0.15) is 0 Å². The van der Waals surface area contributed by atoms with Gasteiger partial charge in [0.05, 0.1) is 26.7 Å². The van der Waals surface area contributed by atoms with Crippen LogP contribution in [0.15, 0.2) is 77.7 Å². The molecule has 0 radical (unpaired) electrons. The van der Waals surface area contributed by atoms with Gasteiger partial charge in [0.15, 0.2) is 0 Å². The normalized spacial score (nSPS) is 11.7. The summed E-state index contributed by atoms with van der Waals surface area (Å²) in [7, 11) is -4.06. The van der Waals surface area contributed by atoms with E-state index in [1.54, 1.807) is 12.1 Å². The smallest absolute Gasteiger partial charge is 0.322 e. The third-order valence-electron chi connectivity index (χ3n) is 4.00. The van der Waals surface area contributed by atoms with Crippen LogP contribution in [-0.2, 0) is 16.2 Å². The van der Waals surface area contributed by atoms with Crippen LogP contribution in [0.3, 0.4) is 0 Å². The number of alkyl halides is 3. The average Bonchev–Trinajstić information content (AvgIpc) is 2.69. The van der Waals surface area contributed by atoms with Gasteiger partial charge < -0.3 is 5.32 Å². The molecule has 0 fully saturated rings. The van der Waals surface area contributed by atoms with E-state index < -0.39 is 33.2 Å². The quantitative estimate of drug-likeness (QED) is 0.541. The second-order valence-electron chi connectivity index (χ2n) is 6.11. The SMILES string of the molecule is O=C(Nc1cccc(S(=O)(=O)Nc2ccccc2Cl)c1)c1ccccc1C(F)(F)F. The van der Waals surface area contributed by atoms with Crippen LogP contribution in [0.1, 0.15) is 15.9 Å². The van der Waals surface area contributed by atoms with E-state index in [-0.39, 0.29) is 21.3 Å². The van der Waals surface area contributed by atoms with Crippen molar-refractivity contribution in [1.29, 1.82) is 0 Å². The first-order valence-corrected chi connectivity index (χ1v) is 10.3. The summed E-state index contributed by atoms with van der Waals surface area (Å²) in [6, 6.07) is 15.6. The van der Waals surface area contributed by atoms with Crippen LogP contribution >= 0.6 is 11.6 Å². The summed E-state index contributed by atoms with van der Waals surface area (Å²) in [6.45, 7) is 0. The Morgan fingerprint density at radius 2 is 1.57 bits per heavy atom. The molecular weight excluding hydrogens is 441 g/mol. The zero-order valence-electron chi connectivity index (χ0n) is 15.1. The van der Waals surface area contributed by atoms with E-state index in [0.717, 1.165) is 18.2 Å². The summed E-state index contributed by atoms with van der Waals surface area (Å²) in [5.74, 6) is -1.02. The molecule has 0 aliphatic heterocycles. The van der Waals surface area contributed by atoms with Crippen LogP contribution in [0.5, 0.6) is 0 Å². The number of hydrogen-bond acceptors (Lipinski definition) is 3. The Labute approximate surface area is 175 Å². The fourth-order valence-electron chi connectivity index (χ4n) is 2.62. The van der Waals surface area contributed by atoms with Crippen molar-refractivity contribution >= 4 is 38.9 Å². The molecule has 30 heavy (non-hydrogen) atoms. The van der Waals surface area contributed by atoms with E-state index in [1.807, 2.05) is 0 Å². The first-order chi connectivity index (χ1) is 14.1. The Bertz CT molecular complexity index is 1200. The van der Waals surface area contributed by atoms with Crippen LogP contribution in [-0.4, -0.2) is 14.3 Å². The summed E-state index contributed by atoms with van der Waals surface area (Å²) >= 11 is 5.96. The molecule has 0 aliphatic rings. The topological polar surface area (TPSA) is 75.3 Å². The van der Waals surface area contributed by atoms with E-state index >= 15 is 0 Å². The largest absolute Gasteiger partial charge is 0.417 e. The minimum absolute atomic E-state index is 0.0130. The van der Waals surface area contributed by atoms with Crippen molar-refractivity contribution in [3.05, 3.63) is 88.9 Å². The summed E-state index contributed by atoms with van der Waals surface area (Å²) in [5.41, 5.74) is -1.49. The number of carbonyl (C=O) groups excluding carboxylic acids is 1. The van der Waals surface area contributed by atoms with Gasteiger partial charge in [0.25, 0.3) is 15.9 Å². The van der Waals surface area contributed by atoms with Gasteiger partial charge in [-0.1, -0.05) is 41.9 Å². The Kier molecular flexibility index (Phi) is 6.04. The first kappa shape index (κ1) is 21.7. The van der Waals surface area contributed by atoms with Gasteiger partial charge in [-0.2, -0.15) is 13.2 Å². The van der Waals surface area contributed by atoms with Gasteiger partial charge in [-0.05, 0) is 42.5 Å². The Hall–Kier alpha value is -3.04. The van der Waals surface area contributed by atoms with Gasteiger partial charge in [-0.15, -0.1) is 0 Å². The van der Waals surface area contributed by atoms with Gasteiger partial charge >= 0.3 is 6.18 Å². The van der Waals surface area contributed by atoms with Gasteiger partial charge in [-0.25, -0.2) is 8.42 Å². The Morgan fingerprint density at radius 3 is 2.27 bits per heavy atom. The second-order valence-corrected chi connectivity index (χ2v) is 8.20. The van der Waals surface area contributed by atoms with E-state index in [2.05, 4.69) is 10.0 Å². The maximum absolute atomic E-state index is 13.1. The summed E-state index contributed by atoms with van der Waals surface area (Å²) in [6.07, 6.45) is -4.71. The maximum Gasteiger partial charge on any atom is 0.417 e. The lowest BCUT2D eigenvalue weighted by molar-refractivity contribution is -0.137. The number of para-hydroxylation sites is 1. The van der Waals surface area contributed by atoms with E-state index in [9.17, 15) is 26.4 Å². The molecule has 10 heteroatoms. The van der Waals surface area contributed by atoms with Crippen molar-refractivity contribution in [1.82, 2.24) is 0 Å². The zero-order chi connectivity index (χ0) is 21.9. The zero-order valence-corrected chi connectivity index (χ0v) is 16.6. The lowest BCUT2D eigenvalue weighted by atomic mass is 10.1. The fraction of sp³-hybridized carbons (Fsp3) is 0.0500. The summed E-state index contributed by atoms with van der Waals surface area (Å²) in [4.78, 5) is 12.2. The number of nitrogens with one attached hydrogen (secondary N) is 2. The van der Waals surface area contributed by atoms with Crippen molar-refractivity contribution in [2.45, 2.75) is 11.1 Å². The minimum Gasteiger partial charge on any atom is -0.322 e. The monoisotopic (exact) mass is 454 g/mol. The molecule has 5 nitrogen and oxygen atoms in total. The van der Waals surface area contributed by atoms with Crippen LogP contribution in [0, 0.1) is 0 Å². The molecule has 0 aliphatic carbocycles. The van der Waals surface area contributed by atoms with Crippen molar-refractivity contribution in [2.24, 2.45) is 0 Å². The predicted molar refractivity (Wildman–Crippen MR) is 108 cm³/mol. The molecule has 0 spiro atoms. The molecule has 1 amide bonds. The number of rotatable bonds is 5. The molecule has 0 heterocycles. The molecule has 0 bridgehead atoms. The first-order valence-electron chi connectivity index (χ1n) is 8.43. The molecule has 0 saturated heterocycles. The lowest BCUT2D eigenvalue weighted by Gasteiger charge is -2.13. The third-order valence-corrected chi connectivity index (χ3v) is 5.69. The van der Waals surface area contributed by atoms with Crippen LogP contribution in [0.4, 0.5) is 24.5 Å². The number of anilines is 2. The minimum atomic E-state index is -4.71. The highest BCUT2D eigenvalue weighted by molar-refractivity contribution is 7.92.